The second kappa shape index (κ2) is 4.60. The molecule has 0 radical (unpaired) electrons. The number of nitrogens with two attached hydrogens (primary N) is 1. The molecule has 17 heavy (non-hydrogen) atoms. The number of fused-ring (bicyclic) bond motifs is 1. The van der Waals surface area contributed by atoms with E-state index in [4.69, 9.17) is 11.0 Å². The molecule has 0 saturated carbocycles. The number of hydrogen-bond donors (Lipinski definition) is 2. The molecule has 0 fully saturated rings. The van der Waals surface area contributed by atoms with Crippen molar-refractivity contribution in [3.05, 3.63) is 35.5 Å². The minimum Gasteiger partial charge on any atom is -0.360 e. The van der Waals surface area contributed by atoms with Crippen molar-refractivity contribution in [2.45, 2.75) is 19.8 Å². The second-order valence-electron chi connectivity index (χ2n) is 4.67. The monoisotopic (exact) mass is 227 g/mol. The summed E-state index contributed by atoms with van der Waals surface area (Å²) in [7, 11) is 0. The highest BCUT2D eigenvalue weighted by Gasteiger charge is 2.18. The third kappa shape index (κ3) is 1.92. The molecule has 2 aromatic rings. The van der Waals surface area contributed by atoms with Gasteiger partial charge in [0.1, 0.15) is 6.07 Å². The van der Waals surface area contributed by atoms with Crippen molar-refractivity contribution >= 4 is 10.9 Å². The van der Waals surface area contributed by atoms with Gasteiger partial charge in [0.2, 0.25) is 0 Å². The number of nitrogens with one attached hydrogen (secondary N) is 1. The van der Waals surface area contributed by atoms with E-state index in [9.17, 15) is 0 Å². The number of H-pyrrole nitrogens is 1. The van der Waals surface area contributed by atoms with E-state index in [1.54, 1.807) is 0 Å². The number of aromatic nitrogens is 1. The van der Waals surface area contributed by atoms with Gasteiger partial charge < -0.3 is 10.7 Å². The fraction of sp³-hybridized carbons (Fsp3) is 0.357. The number of rotatable bonds is 3. The number of benzene rings is 1. The number of aromatic amines is 1. The topological polar surface area (TPSA) is 65.6 Å². The molecule has 1 aromatic heterocycles. The summed E-state index contributed by atoms with van der Waals surface area (Å²) in [5, 5.41) is 10.2. The third-order valence-corrected chi connectivity index (χ3v) is 3.33. The van der Waals surface area contributed by atoms with Gasteiger partial charge in [0.15, 0.2) is 0 Å². The second-order valence-corrected chi connectivity index (χ2v) is 4.67. The van der Waals surface area contributed by atoms with E-state index < -0.39 is 0 Å². The Labute approximate surface area is 101 Å². The molecule has 1 heterocycles. The molecule has 0 saturated heterocycles. The maximum Gasteiger partial charge on any atom is 0.101 e. The van der Waals surface area contributed by atoms with Crippen LogP contribution in [0.1, 0.15) is 30.9 Å². The molecule has 3 N–H and O–H groups in total. The van der Waals surface area contributed by atoms with Crippen LogP contribution in [0, 0.1) is 17.2 Å². The van der Waals surface area contributed by atoms with Crippen molar-refractivity contribution in [3.63, 3.8) is 0 Å². The Hall–Kier alpha value is -1.79. The fourth-order valence-corrected chi connectivity index (χ4v) is 2.33. The van der Waals surface area contributed by atoms with Gasteiger partial charge in [-0.2, -0.15) is 5.26 Å². The van der Waals surface area contributed by atoms with Crippen LogP contribution in [0.25, 0.3) is 10.9 Å². The molecule has 1 aromatic carbocycles. The molecule has 0 aliphatic carbocycles. The maximum atomic E-state index is 9.06. The summed E-state index contributed by atoms with van der Waals surface area (Å²) >= 11 is 0. The minimum atomic E-state index is 0.331. The number of nitrogens with zero attached hydrogens (tertiary/aromatic N) is 1. The van der Waals surface area contributed by atoms with E-state index in [0.717, 1.165) is 10.9 Å². The van der Waals surface area contributed by atoms with Crippen molar-refractivity contribution in [1.82, 2.24) is 4.98 Å². The predicted molar refractivity (Wildman–Crippen MR) is 69.6 cm³/mol. The summed E-state index contributed by atoms with van der Waals surface area (Å²) in [6, 6.07) is 8.01. The average molecular weight is 227 g/mol. The van der Waals surface area contributed by atoms with Crippen molar-refractivity contribution in [1.29, 1.82) is 5.26 Å². The quantitative estimate of drug-likeness (QED) is 0.846. The van der Waals surface area contributed by atoms with Crippen LogP contribution in [0.15, 0.2) is 24.4 Å². The van der Waals surface area contributed by atoms with Gasteiger partial charge in [-0.05, 0) is 24.1 Å². The van der Waals surface area contributed by atoms with Gasteiger partial charge in [-0.15, -0.1) is 0 Å². The highest BCUT2D eigenvalue weighted by molar-refractivity contribution is 5.88. The zero-order chi connectivity index (χ0) is 12.4. The molecule has 0 amide bonds. The first-order chi connectivity index (χ1) is 8.19. The smallest absolute Gasteiger partial charge is 0.101 e. The SMILES string of the molecule is CC(C)C(CN)c1c[nH]c2c(C#N)cccc12. The van der Waals surface area contributed by atoms with Crippen LogP contribution >= 0.6 is 0 Å². The first-order valence-corrected chi connectivity index (χ1v) is 5.89. The van der Waals surface area contributed by atoms with Gasteiger partial charge in [0, 0.05) is 17.5 Å². The van der Waals surface area contributed by atoms with E-state index in [2.05, 4.69) is 24.9 Å². The van der Waals surface area contributed by atoms with Gasteiger partial charge in [-0.3, -0.25) is 0 Å². The van der Waals surface area contributed by atoms with Crippen LogP contribution in [-0.2, 0) is 0 Å². The lowest BCUT2D eigenvalue weighted by Crippen LogP contribution is -2.17. The van der Waals surface area contributed by atoms with Crippen LogP contribution in [-0.4, -0.2) is 11.5 Å². The van der Waals surface area contributed by atoms with Crippen LogP contribution in [0.5, 0.6) is 0 Å². The van der Waals surface area contributed by atoms with Crippen molar-refractivity contribution in [3.8, 4) is 6.07 Å². The Balaban J connectivity index is 2.61. The first kappa shape index (κ1) is 11.7. The minimum absolute atomic E-state index is 0.331. The van der Waals surface area contributed by atoms with Gasteiger partial charge in [-0.1, -0.05) is 26.0 Å². The Kier molecular flexibility index (Phi) is 3.16. The molecule has 3 nitrogen and oxygen atoms in total. The zero-order valence-electron chi connectivity index (χ0n) is 10.2. The van der Waals surface area contributed by atoms with Gasteiger partial charge in [0.05, 0.1) is 11.1 Å². The van der Waals surface area contributed by atoms with E-state index in [1.165, 1.54) is 5.56 Å². The van der Waals surface area contributed by atoms with E-state index in [-0.39, 0.29) is 0 Å². The van der Waals surface area contributed by atoms with Crippen LogP contribution in [0.3, 0.4) is 0 Å². The van der Waals surface area contributed by atoms with Gasteiger partial charge >= 0.3 is 0 Å². The van der Waals surface area contributed by atoms with Crippen molar-refractivity contribution in [2.24, 2.45) is 11.7 Å². The summed E-state index contributed by atoms with van der Waals surface area (Å²) in [6.45, 7) is 4.97. The summed E-state index contributed by atoms with van der Waals surface area (Å²) in [6.07, 6.45) is 1.99. The molecular weight excluding hydrogens is 210 g/mol. The molecular formula is C14H17N3. The van der Waals surface area contributed by atoms with Crippen LogP contribution < -0.4 is 5.73 Å². The third-order valence-electron chi connectivity index (χ3n) is 3.33. The molecule has 2 rings (SSSR count). The molecule has 3 heteroatoms. The summed E-state index contributed by atoms with van der Waals surface area (Å²) < 4.78 is 0. The molecule has 0 aliphatic rings. The standard InChI is InChI=1S/C14H17N3/c1-9(2)12(7-16)13-8-17-14-10(6-15)4-3-5-11(13)14/h3-5,8-9,12,17H,7,16H2,1-2H3. The number of para-hydroxylation sites is 1. The molecule has 0 aliphatic heterocycles. The fourth-order valence-electron chi connectivity index (χ4n) is 2.33. The number of hydrogen-bond acceptors (Lipinski definition) is 2. The first-order valence-electron chi connectivity index (χ1n) is 5.89. The van der Waals surface area contributed by atoms with Crippen LogP contribution in [0.4, 0.5) is 0 Å². The summed E-state index contributed by atoms with van der Waals surface area (Å²) in [5.41, 5.74) is 8.67. The number of nitriles is 1. The highest BCUT2D eigenvalue weighted by atomic mass is 14.7. The highest BCUT2D eigenvalue weighted by Crippen LogP contribution is 2.31. The normalized spacial score (nSPS) is 12.9. The molecule has 1 atom stereocenters. The molecule has 88 valence electrons. The summed E-state index contributed by atoms with van der Waals surface area (Å²) in [4.78, 5) is 3.20. The van der Waals surface area contributed by atoms with Crippen molar-refractivity contribution < 1.29 is 0 Å². The van der Waals surface area contributed by atoms with Gasteiger partial charge in [-0.25, -0.2) is 0 Å². The zero-order valence-corrected chi connectivity index (χ0v) is 10.2. The Morgan fingerprint density at radius 1 is 1.41 bits per heavy atom. The maximum absolute atomic E-state index is 9.06. The van der Waals surface area contributed by atoms with Gasteiger partial charge in [0.25, 0.3) is 0 Å². The predicted octanol–water partition coefficient (Wildman–Crippen LogP) is 2.74. The lowest BCUT2D eigenvalue weighted by molar-refractivity contribution is 0.509. The van der Waals surface area contributed by atoms with Crippen LogP contribution in [0.2, 0.25) is 0 Å². The largest absolute Gasteiger partial charge is 0.360 e. The molecule has 0 spiro atoms. The Morgan fingerprint density at radius 2 is 2.18 bits per heavy atom. The summed E-state index contributed by atoms with van der Waals surface area (Å²) in [5.74, 6) is 0.822. The lowest BCUT2D eigenvalue weighted by Gasteiger charge is -2.18. The Morgan fingerprint density at radius 3 is 2.76 bits per heavy atom. The van der Waals surface area contributed by atoms with E-state index in [1.807, 2.05) is 24.4 Å². The van der Waals surface area contributed by atoms with E-state index in [0.29, 0.717) is 23.9 Å². The van der Waals surface area contributed by atoms with Crippen molar-refractivity contribution in [2.75, 3.05) is 6.54 Å². The molecule has 1 unspecified atom stereocenters. The lowest BCUT2D eigenvalue weighted by atomic mass is 9.88. The average Bonchev–Trinajstić information content (AvgIpc) is 2.73. The van der Waals surface area contributed by atoms with E-state index >= 15 is 0 Å². The molecule has 0 bridgehead atoms. The Bertz CT molecular complexity index is 560.